The summed E-state index contributed by atoms with van der Waals surface area (Å²) in [6, 6.07) is 12.4. The molecule has 0 fully saturated rings. The topological polar surface area (TPSA) is 76.1 Å². The highest BCUT2D eigenvalue weighted by Crippen LogP contribution is 2.23. The zero-order valence-electron chi connectivity index (χ0n) is 15.1. The molecule has 1 heterocycles. The maximum absolute atomic E-state index is 12.8. The van der Waals surface area contributed by atoms with Crippen LogP contribution in [0.4, 0.5) is 5.69 Å². The zero-order valence-corrected chi connectivity index (χ0v) is 15.9. The number of aromatic nitrogens is 1. The number of fused-ring (bicyclic) bond motifs is 1. The summed E-state index contributed by atoms with van der Waals surface area (Å²) in [5.41, 5.74) is 4.27. The number of rotatable bonds is 3. The van der Waals surface area contributed by atoms with Gasteiger partial charge in [0.25, 0.3) is 5.91 Å². The second-order valence-electron chi connectivity index (χ2n) is 6.52. The average molecular weight is 368 g/mol. The molecule has 1 aromatic heterocycles. The lowest BCUT2D eigenvalue weighted by Gasteiger charge is -2.12. The van der Waals surface area contributed by atoms with Gasteiger partial charge in [0.2, 0.25) is 0 Å². The molecule has 1 amide bonds. The Morgan fingerprint density at radius 2 is 1.73 bits per heavy atom. The highest BCUT2D eigenvalue weighted by Gasteiger charge is 2.15. The van der Waals surface area contributed by atoms with Crippen LogP contribution in [0.15, 0.2) is 47.4 Å². The van der Waals surface area contributed by atoms with Gasteiger partial charge in [0.05, 0.1) is 21.7 Å². The van der Waals surface area contributed by atoms with E-state index < -0.39 is 9.84 Å². The molecule has 0 aliphatic heterocycles. The maximum Gasteiger partial charge on any atom is 0.257 e. The molecule has 0 aliphatic rings. The van der Waals surface area contributed by atoms with E-state index in [0.717, 1.165) is 28.3 Å². The number of sulfone groups is 1. The van der Waals surface area contributed by atoms with Crippen molar-refractivity contribution >= 4 is 32.3 Å². The van der Waals surface area contributed by atoms with Crippen molar-refractivity contribution in [3.63, 3.8) is 0 Å². The van der Waals surface area contributed by atoms with Crippen molar-refractivity contribution < 1.29 is 13.2 Å². The zero-order chi connectivity index (χ0) is 19.1. The number of hydrogen-bond acceptors (Lipinski definition) is 4. The lowest BCUT2D eigenvalue weighted by molar-refractivity contribution is 0.102. The quantitative estimate of drug-likeness (QED) is 0.762. The number of hydrogen-bond donors (Lipinski definition) is 1. The summed E-state index contributed by atoms with van der Waals surface area (Å²) in [7, 11) is -3.35. The van der Waals surface area contributed by atoms with Crippen LogP contribution in [0.3, 0.4) is 0 Å². The standard InChI is InChI=1S/C20H20N2O3S/c1-12-5-8-18-15(9-12)10-17(14(3)21-18)20(23)22-19-11-16(26(4,24)25)7-6-13(19)2/h5-11H,1-4H3,(H,22,23). The van der Waals surface area contributed by atoms with Gasteiger partial charge in [-0.1, -0.05) is 17.7 Å². The van der Waals surface area contributed by atoms with Gasteiger partial charge < -0.3 is 5.32 Å². The van der Waals surface area contributed by atoms with E-state index in [0.29, 0.717) is 16.9 Å². The molecule has 3 aromatic rings. The van der Waals surface area contributed by atoms with E-state index in [1.165, 1.54) is 12.1 Å². The monoisotopic (exact) mass is 368 g/mol. The number of carbonyl (C=O) groups is 1. The van der Waals surface area contributed by atoms with Crippen LogP contribution in [0.25, 0.3) is 10.9 Å². The number of amides is 1. The molecule has 1 N–H and O–H groups in total. The number of nitrogens with zero attached hydrogens (tertiary/aromatic N) is 1. The minimum absolute atomic E-state index is 0.169. The first-order chi connectivity index (χ1) is 12.1. The lowest BCUT2D eigenvalue weighted by Crippen LogP contribution is -2.15. The number of pyridine rings is 1. The number of benzene rings is 2. The first kappa shape index (κ1) is 18.1. The molecule has 0 atom stereocenters. The van der Waals surface area contributed by atoms with Crippen molar-refractivity contribution in [3.8, 4) is 0 Å². The number of carbonyl (C=O) groups excluding carboxylic acids is 1. The maximum atomic E-state index is 12.8. The Morgan fingerprint density at radius 3 is 2.42 bits per heavy atom. The highest BCUT2D eigenvalue weighted by molar-refractivity contribution is 7.90. The van der Waals surface area contributed by atoms with Crippen molar-refractivity contribution in [3.05, 3.63) is 64.8 Å². The number of nitrogens with one attached hydrogen (secondary N) is 1. The molecule has 0 unspecified atom stereocenters. The fraction of sp³-hybridized carbons (Fsp3) is 0.200. The fourth-order valence-electron chi connectivity index (χ4n) is 2.78. The Balaban J connectivity index is 2.01. The average Bonchev–Trinajstić information content (AvgIpc) is 2.55. The highest BCUT2D eigenvalue weighted by atomic mass is 32.2. The van der Waals surface area contributed by atoms with Crippen LogP contribution in [0.2, 0.25) is 0 Å². The van der Waals surface area contributed by atoms with E-state index in [1.54, 1.807) is 13.0 Å². The smallest absolute Gasteiger partial charge is 0.257 e. The van der Waals surface area contributed by atoms with E-state index in [9.17, 15) is 13.2 Å². The van der Waals surface area contributed by atoms with E-state index >= 15 is 0 Å². The number of aryl methyl sites for hydroxylation is 3. The van der Waals surface area contributed by atoms with Gasteiger partial charge in [0.15, 0.2) is 9.84 Å². The third-order valence-electron chi connectivity index (χ3n) is 4.29. The van der Waals surface area contributed by atoms with E-state index in [1.807, 2.05) is 38.1 Å². The van der Waals surface area contributed by atoms with Crippen molar-refractivity contribution in [1.29, 1.82) is 0 Å². The predicted octanol–water partition coefficient (Wildman–Crippen LogP) is 3.82. The van der Waals surface area contributed by atoms with Gasteiger partial charge in [-0.3, -0.25) is 9.78 Å². The predicted molar refractivity (Wildman–Crippen MR) is 103 cm³/mol. The lowest BCUT2D eigenvalue weighted by atomic mass is 10.1. The molecule has 2 aromatic carbocycles. The summed E-state index contributed by atoms with van der Waals surface area (Å²) in [6.45, 7) is 5.59. The molecular formula is C20H20N2O3S. The van der Waals surface area contributed by atoms with Crippen molar-refractivity contribution in [1.82, 2.24) is 4.98 Å². The number of anilines is 1. The van der Waals surface area contributed by atoms with Gasteiger partial charge in [-0.2, -0.15) is 0 Å². The molecular weight excluding hydrogens is 348 g/mol. The van der Waals surface area contributed by atoms with Crippen LogP contribution in [-0.2, 0) is 9.84 Å². The molecule has 6 heteroatoms. The Kier molecular flexibility index (Phi) is 4.54. The molecule has 0 spiro atoms. The van der Waals surface area contributed by atoms with Crippen LogP contribution in [-0.4, -0.2) is 25.6 Å². The van der Waals surface area contributed by atoms with Crippen LogP contribution >= 0.6 is 0 Å². The first-order valence-electron chi connectivity index (χ1n) is 8.15. The second-order valence-corrected chi connectivity index (χ2v) is 8.54. The Hall–Kier alpha value is -2.73. The van der Waals surface area contributed by atoms with Gasteiger partial charge in [0.1, 0.15) is 0 Å². The molecule has 0 aliphatic carbocycles. The molecule has 0 bridgehead atoms. The normalized spacial score (nSPS) is 11.5. The largest absolute Gasteiger partial charge is 0.322 e. The Bertz CT molecular complexity index is 1140. The van der Waals surface area contributed by atoms with Gasteiger partial charge in [-0.15, -0.1) is 0 Å². The van der Waals surface area contributed by atoms with Crippen molar-refractivity contribution in [2.45, 2.75) is 25.7 Å². The van der Waals surface area contributed by atoms with E-state index in [-0.39, 0.29) is 10.8 Å². The molecule has 0 saturated carbocycles. The molecule has 0 saturated heterocycles. The molecule has 26 heavy (non-hydrogen) atoms. The summed E-state index contributed by atoms with van der Waals surface area (Å²) in [6.07, 6.45) is 1.14. The van der Waals surface area contributed by atoms with Gasteiger partial charge in [0, 0.05) is 17.3 Å². The minimum atomic E-state index is -3.35. The summed E-state index contributed by atoms with van der Waals surface area (Å²) in [5, 5.41) is 3.71. The molecule has 134 valence electrons. The summed E-state index contributed by atoms with van der Waals surface area (Å²) in [5.74, 6) is -0.313. The van der Waals surface area contributed by atoms with Crippen LogP contribution in [0.1, 0.15) is 27.2 Å². The molecule has 0 radical (unpaired) electrons. The Labute approximate surface area is 153 Å². The Morgan fingerprint density at radius 1 is 1.00 bits per heavy atom. The summed E-state index contributed by atoms with van der Waals surface area (Å²) >= 11 is 0. The summed E-state index contributed by atoms with van der Waals surface area (Å²) < 4.78 is 23.5. The first-order valence-corrected chi connectivity index (χ1v) is 10.0. The van der Waals surface area contributed by atoms with E-state index in [4.69, 9.17) is 0 Å². The van der Waals surface area contributed by atoms with Gasteiger partial charge in [-0.25, -0.2) is 8.42 Å². The SMILES string of the molecule is Cc1ccc2nc(C)c(C(=O)Nc3cc(S(C)(=O)=O)ccc3C)cc2c1. The van der Waals surface area contributed by atoms with E-state index in [2.05, 4.69) is 10.3 Å². The van der Waals surface area contributed by atoms with Gasteiger partial charge in [-0.05, 0) is 56.7 Å². The van der Waals surface area contributed by atoms with Crippen molar-refractivity contribution in [2.24, 2.45) is 0 Å². The van der Waals surface area contributed by atoms with Crippen LogP contribution in [0, 0.1) is 20.8 Å². The third kappa shape index (κ3) is 3.60. The van der Waals surface area contributed by atoms with Crippen LogP contribution in [0.5, 0.6) is 0 Å². The third-order valence-corrected chi connectivity index (χ3v) is 5.40. The minimum Gasteiger partial charge on any atom is -0.322 e. The van der Waals surface area contributed by atoms with Crippen molar-refractivity contribution in [2.75, 3.05) is 11.6 Å². The van der Waals surface area contributed by atoms with Crippen LogP contribution < -0.4 is 5.32 Å². The molecule has 5 nitrogen and oxygen atoms in total. The second kappa shape index (κ2) is 6.53. The fourth-order valence-corrected chi connectivity index (χ4v) is 3.43. The van der Waals surface area contributed by atoms with Gasteiger partial charge >= 0.3 is 0 Å². The molecule has 3 rings (SSSR count). The summed E-state index contributed by atoms with van der Waals surface area (Å²) in [4.78, 5) is 17.4.